The number of hydrogen-bond donors (Lipinski definition) is 3. The lowest BCUT2D eigenvalue weighted by Crippen LogP contribution is -2.34. The van der Waals surface area contributed by atoms with E-state index in [4.69, 9.17) is 5.11 Å². The van der Waals surface area contributed by atoms with E-state index in [1.165, 1.54) is 5.56 Å². The summed E-state index contributed by atoms with van der Waals surface area (Å²) in [7, 11) is 0. The molecule has 0 atom stereocenters. The molecule has 3 heterocycles. The van der Waals surface area contributed by atoms with Crippen LogP contribution in [0, 0.1) is 6.92 Å². The number of β-amino-alcohol motifs (C(OH)–C–C–N with tert-alkyl or cyclic N) is 1. The topological polar surface area (TPSA) is 81.2 Å². The van der Waals surface area contributed by atoms with Gasteiger partial charge in [-0.3, -0.25) is 9.78 Å². The van der Waals surface area contributed by atoms with Gasteiger partial charge in [-0.25, -0.2) is 0 Å². The van der Waals surface area contributed by atoms with Gasteiger partial charge in [0.1, 0.15) is 0 Å². The van der Waals surface area contributed by atoms with Gasteiger partial charge < -0.3 is 20.3 Å². The molecule has 196 valence electrons. The maximum Gasteiger partial charge on any atom is 0.257 e. The molecule has 1 fully saturated rings. The fraction of sp³-hybridized carbons (Fsp3) is 0.355. The number of piperidine rings is 1. The Kier molecular flexibility index (Phi) is 10.4. The summed E-state index contributed by atoms with van der Waals surface area (Å²) in [5, 5.41) is 12.5. The van der Waals surface area contributed by atoms with E-state index in [0.717, 1.165) is 60.7 Å². The number of aliphatic hydroxyl groups is 1. The van der Waals surface area contributed by atoms with Gasteiger partial charge in [0.05, 0.1) is 17.9 Å². The SMILES string of the molecule is C=C(Nc1ccc(C2CCN(CCO)CC2)cc1)c1c(/C=C(\C)c2cccc(C)n2)cc[nH]c1=O.CC. The molecule has 0 saturated carbocycles. The molecule has 0 unspecified atom stereocenters. The molecule has 6 heteroatoms. The van der Waals surface area contributed by atoms with E-state index in [-0.39, 0.29) is 12.2 Å². The first-order chi connectivity index (χ1) is 17.9. The Bertz CT molecular complexity index is 1250. The molecule has 1 aromatic carbocycles. The number of aliphatic hydroxyl groups excluding tert-OH is 1. The van der Waals surface area contributed by atoms with Crippen molar-refractivity contribution in [2.24, 2.45) is 0 Å². The lowest BCUT2D eigenvalue weighted by atomic mass is 9.89. The van der Waals surface area contributed by atoms with Gasteiger partial charge in [-0.05, 0) is 98.8 Å². The Hall–Kier alpha value is -3.48. The van der Waals surface area contributed by atoms with E-state index in [1.54, 1.807) is 6.20 Å². The number of benzene rings is 1. The van der Waals surface area contributed by atoms with Crippen LogP contribution in [0.15, 0.2) is 66.1 Å². The van der Waals surface area contributed by atoms with Crippen LogP contribution < -0.4 is 10.9 Å². The van der Waals surface area contributed by atoms with Gasteiger partial charge in [0, 0.05) is 29.8 Å². The van der Waals surface area contributed by atoms with Gasteiger partial charge in [0.2, 0.25) is 0 Å². The van der Waals surface area contributed by atoms with Crippen LogP contribution in [0.2, 0.25) is 0 Å². The number of rotatable bonds is 8. The van der Waals surface area contributed by atoms with Gasteiger partial charge in [0.15, 0.2) is 0 Å². The Morgan fingerprint density at radius 2 is 1.86 bits per heavy atom. The van der Waals surface area contributed by atoms with Crippen molar-refractivity contribution >= 4 is 23.0 Å². The Balaban J connectivity index is 0.00000186. The molecule has 1 aliphatic heterocycles. The molecule has 0 bridgehead atoms. The highest BCUT2D eigenvalue weighted by molar-refractivity contribution is 5.86. The van der Waals surface area contributed by atoms with Crippen LogP contribution in [0.5, 0.6) is 0 Å². The zero-order chi connectivity index (χ0) is 26.8. The van der Waals surface area contributed by atoms with E-state index in [0.29, 0.717) is 17.2 Å². The molecule has 2 aromatic heterocycles. The van der Waals surface area contributed by atoms with Gasteiger partial charge in [-0.1, -0.05) is 38.6 Å². The summed E-state index contributed by atoms with van der Waals surface area (Å²) in [5.74, 6) is 0.536. The van der Waals surface area contributed by atoms with Crippen LogP contribution >= 0.6 is 0 Å². The quantitative estimate of drug-likeness (QED) is 0.358. The minimum atomic E-state index is -0.187. The standard InChI is InChI=1S/C29H34N4O2.C2H6/c1-20(27-6-4-5-21(2)31-27)19-25-11-14-30-29(35)28(25)22(3)32-26-9-7-23(8-10-26)24-12-15-33(16-13-24)17-18-34;1-2/h4-11,14,19,24,32,34H,3,12-13,15-18H2,1-2H3,(H,30,35);1-2H3/b20-19+;. The van der Waals surface area contributed by atoms with Gasteiger partial charge >= 0.3 is 0 Å². The van der Waals surface area contributed by atoms with Crippen molar-refractivity contribution in [3.8, 4) is 0 Å². The second kappa shape index (κ2) is 13.7. The van der Waals surface area contributed by atoms with E-state index in [1.807, 2.05) is 58.0 Å². The fourth-order valence-corrected chi connectivity index (χ4v) is 4.70. The number of pyridine rings is 2. The maximum absolute atomic E-state index is 12.8. The van der Waals surface area contributed by atoms with Crippen LogP contribution in [0.1, 0.15) is 67.6 Å². The van der Waals surface area contributed by atoms with Crippen molar-refractivity contribution in [2.45, 2.75) is 46.5 Å². The molecule has 1 aliphatic rings. The number of likely N-dealkylation sites (tertiary alicyclic amines) is 1. The number of aryl methyl sites for hydroxylation is 1. The average molecular weight is 501 g/mol. The highest BCUT2D eigenvalue weighted by Crippen LogP contribution is 2.29. The number of hydrogen-bond acceptors (Lipinski definition) is 5. The highest BCUT2D eigenvalue weighted by Gasteiger charge is 2.20. The molecule has 1 saturated heterocycles. The second-order valence-electron chi connectivity index (χ2n) is 9.19. The Morgan fingerprint density at radius 3 is 2.51 bits per heavy atom. The monoisotopic (exact) mass is 500 g/mol. The predicted molar refractivity (Wildman–Crippen MR) is 156 cm³/mol. The number of nitrogens with zero attached hydrogens (tertiary/aromatic N) is 2. The first-order valence-corrected chi connectivity index (χ1v) is 13.2. The Morgan fingerprint density at radius 1 is 1.16 bits per heavy atom. The van der Waals surface area contributed by atoms with Gasteiger partial charge in [-0.2, -0.15) is 0 Å². The predicted octanol–water partition coefficient (Wildman–Crippen LogP) is 5.92. The molecule has 37 heavy (non-hydrogen) atoms. The van der Waals surface area contributed by atoms with Crippen molar-refractivity contribution in [3.05, 3.63) is 99.7 Å². The number of anilines is 1. The largest absolute Gasteiger partial charge is 0.395 e. The van der Waals surface area contributed by atoms with Crippen molar-refractivity contribution < 1.29 is 5.11 Å². The summed E-state index contributed by atoms with van der Waals surface area (Å²) in [4.78, 5) is 22.4. The van der Waals surface area contributed by atoms with E-state index >= 15 is 0 Å². The lowest BCUT2D eigenvalue weighted by molar-refractivity contribution is 0.164. The second-order valence-corrected chi connectivity index (χ2v) is 9.19. The maximum atomic E-state index is 12.8. The number of allylic oxidation sites excluding steroid dienone is 1. The molecule has 3 aromatic rings. The summed E-state index contributed by atoms with van der Waals surface area (Å²) in [5.41, 5.74) is 6.69. The zero-order valence-corrected chi connectivity index (χ0v) is 22.6. The third-order valence-corrected chi connectivity index (χ3v) is 6.64. The zero-order valence-electron chi connectivity index (χ0n) is 22.6. The molecule has 0 aliphatic carbocycles. The number of aromatic amines is 1. The summed E-state index contributed by atoms with van der Waals surface area (Å²) >= 11 is 0. The molecule has 0 amide bonds. The lowest BCUT2D eigenvalue weighted by Gasteiger charge is -2.31. The van der Waals surface area contributed by atoms with Gasteiger partial charge in [-0.15, -0.1) is 0 Å². The molecule has 3 N–H and O–H groups in total. The number of H-pyrrole nitrogens is 1. The first-order valence-electron chi connectivity index (χ1n) is 13.2. The van der Waals surface area contributed by atoms with Crippen LogP contribution in [0.4, 0.5) is 5.69 Å². The van der Waals surface area contributed by atoms with E-state index in [9.17, 15) is 4.79 Å². The average Bonchev–Trinajstić information content (AvgIpc) is 2.91. The minimum Gasteiger partial charge on any atom is -0.395 e. The summed E-state index contributed by atoms with van der Waals surface area (Å²) < 4.78 is 0. The van der Waals surface area contributed by atoms with E-state index in [2.05, 4.69) is 51.0 Å². The van der Waals surface area contributed by atoms with Crippen LogP contribution in [0.25, 0.3) is 17.3 Å². The molecule has 4 rings (SSSR count). The van der Waals surface area contributed by atoms with Crippen molar-refractivity contribution in [2.75, 3.05) is 31.6 Å². The molecule has 0 radical (unpaired) electrons. The van der Waals surface area contributed by atoms with Crippen LogP contribution in [-0.2, 0) is 0 Å². The smallest absolute Gasteiger partial charge is 0.257 e. The minimum absolute atomic E-state index is 0.187. The van der Waals surface area contributed by atoms with Gasteiger partial charge in [0.25, 0.3) is 5.56 Å². The number of nitrogens with one attached hydrogen (secondary N) is 2. The fourth-order valence-electron chi connectivity index (χ4n) is 4.70. The third kappa shape index (κ3) is 7.51. The molecule has 0 spiro atoms. The third-order valence-electron chi connectivity index (χ3n) is 6.64. The van der Waals surface area contributed by atoms with E-state index < -0.39 is 0 Å². The molecule has 6 nitrogen and oxygen atoms in total. The summed E-state index contributed by atoms with van der Waals surface area (Å²) in [6.45, 7) is 15.2. The Labute approximate surface area is 220 Å². The first kappa shape index (κ1) is 28.1. The van der Waals surface area contributed by atoms with Crippen LogP contribution in [0.3, 0.4) is 0 Å². The molecular weight excluding hydrogens is 460 g/mol. The summed E-state index contributed by atoms with van der Waals surface area (Å²) in [6, 6.07) is 16.2. The van der Waals surface area contributed by atoms with Crippen LogP contribution in [-0.4, -0.2) is 46.2 Å². The van der Waals surface area contributed by atoms with Crippen molar-refractivity contribution in [1.29, 1.82) is 0 Å². The van der Waals surface area contributed by atoms with Crippen molar-refractivity contribution in [1.82, 2.24) is 14.9 Å². The summed E-state index contributed by atoms with van der Waals surface area (Å²) in [6.07, 6.45) is 5.83. The number of aromatic nitrogens is 2. The normalized spacial score (nSPS) is 14.6. The molecular formula is C31H40N4O2. The highest BCUT2D eigenvalue weighted by atomic mass is 16.3. The van der Waals surface area contributed by atoms with Crippen molar-refractivity contribution in [3.63, 3.8) is 0 Å².